The van der Waals surface area contributed by atoms with Gasteiger partial charge in [-0.05, 0) is 143 Å². The van der Waals surface area contributed by atoms with E-state index in [2.05, 4.69) is 71.8 Å². The van der Waals surface area contributed by atoms with E-state index in [0.29, 0.717) is 136 Å². The fourth-order valence-electron chi connectivity index (χ4n) is 13.0. The first-order valence-corrected chi connectivity index (χ1v) is 38.2. The number of fused-ring (bicyclic) bond motifs is 2. The number of piperidine rings is 2. The minimum Gasteiger partial charge on any atom is -0.488 e. The summed E-state index contributed by atoms with van der Waals surface area (Å²) in [7, 11) is 0. The Morgan fingerprint density at radius 1 is 0.544 bits per heavy atom. The average Bonchev–Trinajstić information content (AvgIpc) is 1.60. The Morgan fingerprint density at radius 2 is 1.00 bits per heavy atom. The van der Waals surface area contributed by atoms with Gasteiger partial charge in [0.05, 0.1) is 92.6 Å². The second kappa shape index (κ2) is 40.4. The number of likely N-dealkylation sites (tertiary alicyclic amines) is 2. The summed E-state index contributed by atoms with van der Waals surface area (Å²) in [6, 6.07) is 50.7. The van der Waals surface area contributed by atoms with Gasteiger partial charge in [0.25, 0.3) is 28.8 Å². The number of hydrogen-bond acceptors (Lipinski definition) is 21. The van der Waals surface area contributed by atoms with Gasteiger partial charge in [-0.25, -0.2) is 29.0 Å². The van der Waals surface area contributed by atoms with Crippen LogP contribution in [0, 0.1) is 20.8 Å². The average molecular weight is 1640 g/mol. The van der Waals surface area contributed by atoms with Crippen molar-refractivity contribution in [2.45, 2.75) is 122 Å². The van der Waals surface area contributed by atoms with Crippen molar-refractivity contribution in [1.82, 2.24) is 88.8 Å². The molecule has 2 aliphatic heterocycles. The summed E-state index contributed by atoms with van der Waals surface area (Å²) < 4.78 is 30.9. The fraction of sp³-hybridized carbons (Fsp3) is 0.329. The zero-order valence-corrected chi connectivity index (χ0v) is 66.1. The number of rotatable bonds is 21. The van der Waals surface area contributed by atoms with Crippen molar-refractivity contribution in [3.05, 3.63) is 272 Å². The topological polar surface area (TPSA) is 376 Å². The largest absolute Gasteiger partial charge is 0.488 e. The zero-order valence-electron chi connectivity index (χ0n) is 63.7. The molecule has 30 nitrogen and oxygen atoms in total. The lowest BCUT2D eigenvalue weighted by Crippen LogP contribution is -2.49. The number of carbonyl (C=O) groups is 2. The molecule has 3 aliphatic rings. The van der Waals surface area contributed by atoms with E-state index in [4.69, 9.17) is 30.4 Å². The molecule has 596 valence electrons. The van der Waals surface area contributed by atoms with E-state index < -0.39 is 11.2 Å². The van der Waals surface area contributed by atoms with Crippen molar-refractivity contribution < 1.29 is 38.7 Å². The Labute approximate surface area is 672 Å². The van der Waals surface area contributed by atoms with Gasteiger partial charge in [-0.15, -0.1) is 17.5 Å². The molecule has 9 heterocycles. The minimum absolute atomic E-state index is 0. The predicted molar refractivity (Wildman–Crippen MR) is 436 cm³/mol. The number of aromatic amines is 2. The first kappa shape index (κ1) is 83.5. The molecule has 2 amide bonds. The number of benzene rings is 6. The first-order chi connectivity index (χ1) is 54.8. The van der Waals surface area contributed by atoms with Gasteiger partial charge in [-0.3, -0.25) is 33.4 Å². The third kappa shape index (κ3) is 22.9. The van der Waals surface area contributed by atoms with Crippen molar-refractivity contribution in [1.29, 1.82) is 0 Å². The van der Waals surface area contributed by atoms with Gasteiger partial charge in [-0.2, -0.15) is 30.7 Å². The van der Waals surface area contributed by atoms with Crippen LogP contribution in [0.15, 0.2) is 222 Å². The van der Waals surface area contributed by atoms with Gasteiger partial charge < -0.3 is 50.4 Å². The molecule has 1 aliphatic carbocycles. The third-order valence-electron chi connectivity index (χ3n) is 19.6. The molecule has 0 unspecified atom stereocenters. The molecule has 0 bridgehead atoms. The summed E-state index contributed by atoms with van der Waals surface area (Å²) >= 11 is 3.41. The number of nitrogens with one attached hydrogen (secondary N) is 2. The van der Waals surface area contributed by atoms with E-state index in [0.717, 1.165) is 62.5 Å². The number of halogens is 2. The molecule has 3 fully saturated rings. The zero-order chi connectivity index (χ0) is 79.1. The van der Waals surface area contributed by atoms with Crippen LogP contribution in [-0.4, -0.2) is 187 Å². The number of carbonyl (C=O) groups excluding carboxylic acids is 2. The molecule has 6 aromatic carbocycles. The first-order valence-electron chi connectivity index (χ1n) is 37.5. The van der Waals surface area contributed by atoms with Crippen molar-refractivity contribution in [2.75, 3.05) is 52.6 Å². The predicted octanol–water partition coefficient (Wildman–Crippen LogP) is 9.81. The van der Waals surface area contributed by atoms with Crippen LogP contribution >= 0.6 is 28.3 Å². The van der Waals surface area contributed by atoms with Crippen LogP contribution in [0.1, 0.15) is 100 Å². The lowest BCUT2D eigenvalue weighted by Gasteiger charge is -2.38. The van der Waals surface area contributed by atoms with E-state index in [1.807, 2.05) is 178 Å². The molecule has 32 heteroatoms. The number of H-pyrrole nitrogens is 2. The number of aliphatic hydroxyl groups is 2. The lowest BCUT2D eigenvalue weighted by atomic mass is 9.91. The summed E-state index contributed by atoms with van der Waals surface area (Å²) in [5.74, 6) is 1.89. The van der Waals surface area contributed by atoms with E-state index in [-0.39, 0.29) is 60.5 Å². The fourth-order valence-corrected chi connectivity index (χ4v) is 13.2. The van der Waals surface area contributed by atoms with Gasteiger partial charge in [0.1, 0.15) is 55.0 Å². The summed E-state index contributed by atoms with van der Waals surface area (Å²) in [5, 5.41) is 52.6. The maximum absolute atomic E-state index is 13.5. The number of hydrogen-bond donors (Lipinski definition) is 6. The number of nitrogens with zero attached hydrogens (tertiary/aromatic N) is 16. The van der Waals surface area contributed by atoms with Gasteiger partial charge in [0.15, 0.2) is 17.0 Å². The Hall–Kier alpha value is -11.4. The molecule has 1 saturated carbocycles. The van der Waals surface area contributed by atoms with Crippen molar-refractivity contribution in [3.8, 4) is 28.7 Å². The molecular formula is C82H94BrClN20O10. The normalized spacial score (nSPS) is 15.5. The van der Waals surface area contributed by atoms with Crippen LogP contribution in [0.25, 0.3) is 39.1 Å². The SMILES string of the molecule is Cc1ccc(C(=O)N2CCC(O)(Cn3cnc4c(cnn4-c4ccc(-n5cc(OCCOCc6ccccc6)cn5)cc4)c3=O)CC2)cc1.Cc1ccc(C(=O)N2CCC(O)(Cn3cnc4c(cnn4-c4ccc(Br)cc4)c3=O)CC2)cc1.Cc1ncn[nH]1.Cl.N[C@H]1CCCC[C@@H]1N.c1ccc(COCCOc2cn[nH]n2)cc1. The molecule has 114 heavy (non-hydrogen) atoms. The van der Waals surface area contributed by atoms with Crippen molar-refractivity contribution in [2.24, 2.45) is 11.5 Å². The van der Waals surface area contributed by atoms with Crippen molar-refractivity contribution >= 4 is 62.2 Å². The van der Waals surface area contributed by atoms with Gasteiger partial charge >= 0.3 is 0 Å². The summed E-state index contributed by atoms with van der Waals surface area (Å²) in [6.45, 7) is 10.7. The van der Waals surface area contributed by atoms with Crippen LogP contribution in [0.4, 0.5) is 0 Å². The second-order valence-corrected chi connectivity index (χ2v) is 29.0. The van der Waals surface area contributed by atoms with Gasteiger partial charge in [0, 0.05) is 53.9 Å². The van der Waals surface area contributed by atoms with Crippen LogP contribution in [0.5, 0.6) is 11.6 Å². The molecule has 2 atom stereocenters. The standard InChI is InChI=1S/C37H37N7O5.C25H24BrN5O3.C11H13N3O2.C6H14N2.C3H5N3.ClH/c1-27-7-9-29(10-8-27)35(45)41-17-15-37(47,16-18-41)25-42-26-38-34-33(36(42)46)22-40-44(34)31-13-11-30(12-14-31)43-23-32(21-39-43)49-20-19-48-24-28-5-3-2-4-6-28;1-17-2-4-18(5-3-17)23(32)29-12-10-25(34,11-13-29)15-30-16-27-22-21(24(30)33)14-28-31(22)20-8-6-19(26)7-9-20;1-2-4-10(5-3-1)9-15-6-7-16-11-8-12-14-13-11;7-5-3-1-2-4-6(5)8;1-3-4-2-5-6-3;/h2-14,21-23,26,47H,15-20,24-25H2,1H3;2-9,14,16,34H,10-13,15H2,1H3;1-5,8H,6-7,9H2,(H,12,13,14);5-6H,1-4,7-8H2;2H,1H3,(H,4,5,6);1H/t;;;5-,6-;;/m...0../s1. The van der Waals surface area contributed by atoms with Crippen LogP contribution < -0.4 is 32.1 Å². The Morgan fingerprint density at radius 3 is 1.42 bits per heavy atom. The molecular weight excluding hydrogens is 1540 g/mol. The Balaban J connectivity index is 0.000000168. The lowest BCUT2D eigenvalue weighted by molar-refractivity contribution is -0.0306. The number of aryl methyl sites for hydroxylation is 3. The number of aromatic nitrogens is 16. The summed E-state index contributed by atoms with van der Waals surface area (Å²) in [4.78, 5) is 68.6. The molecule has 8 N–H and O–H groups in total. The van der Waals surface area contributed by atoms with E-state index in [1.54, 1.807) is 36.2 Å². The van der Waals surface area contributed by atoms with Gasteiger partial charge in [0.2, 0.25) is 0 Å². The number of ether oxygens (including phenoxy) is 4. The van der Waals surface area contributed by atoms with Crippen LogP contribution in [0.3, 0.4) is 0 Å². The highest BCUT2D eigenvalue weighted by atomic mass is 79.9. The quantitative estimate of drug-likeness (QED) is 0.0364. The maximum atomic E-state index is 13.5. The molecule has 2 saturated heterocycles. The molecule has 0 spiro atoms. The summed E-state index contributed by atoms with van der Waals surface area (Å²) in [6.07, 6.45) is 18.7. The van der Waals surface area contributed by atoms with E-state index >= 15 is 0 Å². The number of nitrogens with two attached hydrogens (primary N) is 2. The molecule has 13 aromatic rings. The Bertz CT molecular complexity index is 5240. The highest BCUT2D eigenvalue weighted by Gasteiger charge is 2.37. The van der Waals surface area contributed by atoms with Gasteiger partial charge in [-0.1, -0.05) is 125 Å². The highest BCUT2D eigenvalue weighted by molar-refractivity contribution is 9.10. The number of amides is 2. The maximum Gasteiger partial charge on any atom is 0.264 e. The molecule has 7 aromatic heterocycles. The van der Waals surface area contributed by atoms with Crippen LogP contribution in [-0.2, 0) is 35.8 Å². The molecule has 0 radical (unpaired) electrons. The van der Waals surface area contributed by atoms with Crippen molar-refractivity contribution in [3.63, 3.8) is 0 Å². The third-order valence-corrected chi connectivity index (χ3v) is 20.1. The Kier molecular flexibility index (Phi) is 29.6. The van der Waals surface area contributed by atoms with E-state index in [9.17, 15) is 29.4 Å². The monoisotopic (exact) mass is 1630 g/mol. The minimum atomic E-state index is -1.14. The summed E-state index contributed by atoms with van der Waals surface area (Å²) in [5.41, 5.74) is 17.5. The van der Waals surface area contributed by atoms with Crippen LogP contribution in [0.2, 0.25) is 0 Å². The second-order valence-electron chi connectivity index (χ2n) is 28.1. The smallest absolute Gasteiger partial charge is 0.264 e. The molecule has 16 rings (SSSR count). The van der Waals surface area contributed by atoms with E-state index in [1.165, 1.54) is 59.5 Å². The highest BCUT2D eigenvalue weighted by Crippen LogP contribution is 2.29.